The van der Waals surface area contributed by atoms with Crippen molar-refractivity contribution < 1.29 is 26.5 Å². The molecule has 27 heavy (non-hydrogen) atoms. The number of anilines is 1. The number of ether oxygens (including phenoxy) is 1. The van der Waals surface area contributed by atoms with Gasteiger partial charge < -0.3 is 10.1 Å². The lowest BCUT2D eigenvalue weighted by molar-refractivity contribution is -0.384. The summed E-state index contributed by atoms with van der Waals surface area (Å²) < 4.78 is 52.7. The zero-order valence-corrected chi connectivity index (χ0v) is 16.3. The van der Waals surface area contributed by atoms with Crippen molar-refractivity contribution in [2.75, 3.05) is 37.8 Å². The predicted molar refractivity (Wildman–Crippen MR) is 98.4 cm³/mol. The number of nitrogens with one attached hydrogen (secondary N) is 1. The van der Waals surface area contributed by atoms with Gasteiger partial charge >= 0.3 is 0 Å². The molecule has 1 aromatic carbocycles. The second kappa shape index (κ2) is 8.48. The standard InChI is InChI=1S/C14H22N4O7S2/c1-26(21,22)17-7-8-25-11(10-17)3-2-6-16-13-5-4-12(27(15,23)24)9-14(13)18(19)20/h4-5,9,11,16H,2-3,6-8,10H2,1H3,(H2,15,23,24). The molecule has 11 nitrogen and oxygen atoms in total. The lowest BCUT2D eigenvalue weighted by Crippen LogP contribution is -2.45. The number of benzene rings is 1. The number of primary sulfonamides is 1. The maximum Gasteiger partial charge on any atom is 0.293 e. The van der Waals surface area contributed by atoms with Crippen LogP contribution in [0.15, 0.2) is 23.1 Å². The molecule has 0 bridgehead atoms. The number of sulfonamides is 2. The Labute approximate surface area is 157 Å². The first-order valence-electron chi connectivity index (χ1n) is 8.10. The Bertz CT molecular complexity index is 902. The topological polar surface area (TPSA) is 162 Å². The first kappa shape index (κ1) is 21.5. The van der Waals surface area contributed by atoms with Gasteiger partial charge in [0.2, 0.25) is 20.0 Å². The molecule has 0 saturated carbocycles. The third-order valence-electron chi connectivity index (χ3n) is 4.08. The third kappa shape index (κ3) is 6.10. The summed E-state index contributed by atoms with van der Waals surface area (Å²) in [6.07, 6.45) is 2.06. The van der Waals surface area contributed by atoms with Gasteiger partial charge in [0.1, 0.15) is 5.69 Å². The van der Waals surface area contributed by atoms with E-state index in [0.29, 0.717) is 32.5 Å². The smallest absolute Gasteiger partial charge is 0.293 e. The van der Waals surface area contributed by atoms with Gasteiger partial charge in [-0.1, -0.05) is 0 Å². The van der Waals surface area contributed by atoms with E-state index in [4.69, 9.17) is 9.88 Å². The van der Waals surface area contributed by atoms with E-state index in [1.807, 2.05) is 0 Å². The Kier molecular flexibility index (Phi) is 6.75. The lowest BCUT2D eigenvalue weighted by atomic mass is 10.1. The van der Waals surface area contributed by atoms with Gasteiger partial charge in [-0.3, -0.25) is 10.1 Å². The highest BCUT2D eigenvalue weighted by molar-refractivity contribution is 7.89. The summed E-state index contributed by atoms with van der Waals surface area (Å²) in [4.78, 5) is 10.1. The molecule has 3 N–H and O–H groups in total. The highest BCUT2D eigenvalue weighted by Crippen LogP contribution is 2.27. The minimum atomic E-state index is -4.04. The van der Waals surface area contributed by atoms with E-state index in [9.17, 15) is 26.9 Å². The van der Waals surface area contributed by atoms with Crippen molar-refractivity contribution in [2.24, 2.45) is 5.14 Å². The van der Waals surface area contributed by atoms with Crippen LogP contribution in [0.25, 0.3) is 0 Å². The molecule has 13 heteroatoms. The fourth-order valence-corrected chi connectivity index (χ4v) is 4.09. The van der Waals surface area contributed by atoms with Crippen LogP contribution < -0.4 is 10.5 Å². The van der Waals surface area contributed by atoms with Gasteiger partial charge in [0.05, 0.1) is 28.8 Å². The van der Waals surface area contributed by atoms with Crippen molar-refractivity contribution in [3.05, 3.63) is 28.3 Å². The summed E-state index contributed by atoms with van der Waals surface area (Å²) in [5, 5.41) is 19.0. The number of morpholine rings is 1. The fraction of sp³-hybridized carbons (Fsp3) is 0.571. The zero-order chi connectivity index (χ0) is 20.2. The van der Waals surface area contributed by atoms with E-state index in [1.165, 1.54) is 16.4 Å². The van der Waals surface area contributed by atoms with Gasteiger partial charge in [-0.25, -0.2) is 22.0 Å². The molecule has 0 spiro atoms. The van der Waals surface area contributed by atoms with E-state index in [-0.39, 0.29) is 23.2 Å². The van der Waals surface area contributed by atoms with E-state index in [0.717, 1.165) is 12.3 Å². The number of hydrogen-bond acceptors (Lipinski definition) is 8. The van der Waals surface area contributed by atoms with Crippen molar-refractivity contribution in [2.45, 2.75) is 23.8 Å². The summed E-state index contributed by atoms with van der Waals surface area (Å²) in [5.41, 5.74) is -0.214. The summed E-state index contributed by atoms with van der Waals surface area (Å²) in [7, 11) is -7.30. The van der Waals surface area contributed by atoms with Gasteiger partial charge in [-0.15, -0.1) is 0 Å². The SMILES string of the molecule is CS(=O)(=O)N1CCOC(CCCNc2ccc(S(N)(=O)=O)cc2[N+](=O)[O-])C1. The Morgan fingerprint density at radius 2 is 2.07 bits per heavy atom. The summed E-state index contributed by atoms with van der Waals surface area (Å²) in [6, 6.07) is 3.39. The lowest BCUT2D eigenvalue weighted by Gasteiger charge is -2.31. The second-order valence-electron chi connectivity index (χ2n) is 6.16. The average Bonchev–Trinajstić information content (AvgIpc) is 2.57. The van der Waals surface area contributed by atoms with Gasteiger partial charge in [0, 0.05) is 25.7 Å². The molecule has 0 amide bonds. The first-order chi connectivity index (χ1) is 12.5. The molecule has 152 valence electrons. The van der Waals surface area contributed by atoms with Crippen LogP contribution in [0.1, 0.15) is 12.8 Å². The molecular weight excluding hydrogens is 400 g/mol. The summed E-state index contributed by atoms with van der Waals surface area (Å²) in [5.74, 6) is 0. The maximum atomic E-state index is 11.6. The Morgan fingerprint density at radius 1 is 1.37 bits per heavy atom. The second-order valence-corrected chi connectivity index (χ2v) is 9.71. The Hall–Kier alpha value is -1.80. The molecule has 1 aliphatic rings. The first-order valence-corrected chi connectivity index (χ1v) is 11.5. The Morgan fingerprint density at radius 3 is 2.67 bits per heavy atom. The fourth-order valence-electron chi connectivity index (χ4n) is 2.71. The van der Waals surface area contributed by atoms with Crippen LogP contribution in [0.5, 0.6) is 0 Å². The van der Waals surface area contributed by atoms with Crippen LogP contribution in [0.2, 0.25) is 0 Å². The Balaban J connectivity index is 1.93. The molecule has 1 unspecified atom stereocenters. The molecule has 0 aliphatic carbocycles. The number of nitrogens with zero attached hydrogens (tertiary/aromatic N) is 2. The van der Waals surface area contributed by atoms with Crippen molar-refractivity contribution in [3.8, 4) is 0 Å². The zero-order valence-electron chi connectivity index (χ0n) is 14.7. The molecule has 1 fully saturated rings. The molecule has 1 aliphatic heterocycles. The molecule has 2 rings (SSSR count). The normalized spacial score (nSPS) is 19.0. The van der Waals surface area contributed by atoms with Crippen molar-refractivity contribution in [3.63, 3.8) is 0 Å². The molecule has 1 atom stereocenters. The molecule has 1 aromatic rings. The van der Waals surface area contributed by atoms with Crippen LogP contribution in [-0.4, -0.2) is 64.7 Å². The number of rotatable bonds is 8. The summed E-state index contributed by atoms with van der Waals surface area (Å²) in [6.45, 7) is 1.30. The van der Waals surface area contributed by atoms with Crippen LogP contribution in [-0.2, 0) is 24.8 Å². The van der Waals surface area contributed by atoms with Gasteiger partial charge in [0.15, 0.2) is 0 Å². The minimum absolute atomic E-state index is 0.176. The maximum absolute atomic E-state index is 11.6. The molecular formula is C14H22N4O7S2. The van der Waals surface area contributed by atoms with Crippen molar-refractivity contribution in [1.29, 1.82) is 0 Å². The van der Waals surface area contributed by atoms with Crippen LogP contribution in [0, 0.1) is 10.1 Å². The highest BCUT2D eigenvalue weighted by atomic mass is 32.2. The number of nitro benzene ring substituents is 1. The van der Waals surface area contributed by atoms with E-state index < -0.39 is 30.7 Å². The van der Waals surface area contributed by atoms with Crippen LogP contribution >= 0.6 is 0 Å². The quantitative estimate of drug-likeness (QED) is 0.338. The van der Waals surface area contributed by atoms with E-state index in [1.54, 1.807) is 0 Å². The van der Waals surface area contributed by atoms with Crippen LogP contribution in [0.4, 0.5) is 11.4 Å². The molecule has 1 saturated heterocycles. The highest BCUT2D eigenvalue weighted by Gasteiger charge is 2.26. The predicted octanol–water partition coefficient (Wildman–Crippen LogP) is 0.0947. The third-order valence-corrected chi connectivity index (χ3v) is 6.26. The van der Waals surface area contributed by atoms with Crippen LogP contribution in [0.3, 0.4) is 0 Å². The number of nitrogens with two attached hydrogens (primary N) is 1. The largest absolute Gasteiger partial charge is 0.379 e. The summed E-state index contributed by atoms with van der Waals surface area (Å²) >= 11 is 0. The van der Waals surface area contributed by atoms with E-state index in [2.05, 4.69) is 5.32 Å². The van der Waals surface area contributed by atoms with Crippen molar-refractivity contribution in [1.82, 2.24) is 4.31 Å². The van der Waals surface area contributed by atoms with Gasteiger partial charge in [0.25, 0.3) is 5.69 Å². The van der Waals surface area contributed by atoms with E-state index >= 15 is 0 Å². The number of hydrogen-bond donors (Lipinski definition) is 2. The van der Waals surface area contributed by atoms with Gasteiger partial charge in [-0.05, 0) is 25.0 Å². The molecule has 0 aromatic heterocycles. The van der Waals surface area contributed by atoms with Crippen molar-refractivity contribution >= 4 is 31.4 Å². The minimum Gasteiger partial charge on any atom is -0.379 e. The molecule has 1 heterocycles. The number of nitro groups is 1. The monoisotopic (exact) mass is 422 g/mol. The molecule has 0 radical (unpaired) electrons. The van der Waals surface area contributed by atoms with Gasteiger partial charge in [-0.2, -0.15) is 4.31 Å². The average molecular weight is 422 g/mol.